The van der Waals surface area contributed by atoms with Gasteiger partial charge in [-0.3, -0.25) is 0 Å². The molecule has 3 aromatic carbocycles. The molecule has 4 rings (SSSR count). The molecule has 20 heavy (non-hydrogen) atoms. The van der Waals surface area contributed by atoms with Gasteiger partial charge in [0.25, 0.3) is 0 Å². The number of aryl methyl sites for hydroxylation is 1. The van der Waals surface area contributed by atoms with Crippen molar-refractivity contribution in [2.75, 3.05) is 0 Å². The smallest absolute Gasteiger partial charge is 0.0471 e. The highest BCUT2D eigenvalue weighted by Crippen LogP contribution is 2.29. The molecule has 1 aromatic heterocycles. The van der Waals surface area contributed by atoms with Gasteiger partial charge in [0, 0.05) is 23.2 Å². The number of aromatic nitrogens is 1. The molecule has 0 aliphatic carbocycles. The van der Waals surface area contributed by atoms with Crippen molar-refractivity contribution in [1.82, 2.24) is 4.98 Å². The maximum Gasteiger partial charge on any atom is 0.0471 e. The number of rotatable bonds is 1. The quantitative estimate of drug-likeness (QED) is 0.462. The summed E-state index contributed by atoms with van der Waals surface area (Å²) in [6, 6.07) is 23.8. The van der Waals surface area contributed by atoms with Crippen LogP contribution in [0.2, 0.25) is 0 Å². The van der Waals surface area contributed by atoms with Crippen molar-refractivity contribution >= 4 is 21.8 Å². The molecule has 0 spiro atoms. The van der Waals surface area contributed by atoms with Gasteiger partial charge in [-0.2, -0.15) is 0 Å². The maximum absolute atomic E-state index is 3.50. The highest BCUT2D eigenvalue weighted by atomic mass is 14.7. The summed E-state index contributed by atoms with van der Waals surface area (Å²) in [6.07, 6.45) is 0. The largest absolute Gasteiger partial charge is 0.354 e. The summed E-state index contributed by atoms with van der Waals surface area (Å²) >= 11 is 0. The Morgan fingerprint density at radius 2 is 1.40 bits per heavy atom. The molecule has 1 heterocycles. The first-order chi connectivity index (χ1) is 9.81. The van der Waals surface area contributed by atoms with Crippen molar-refractivity contribution in [3.63, 3.8) is 0 Å². The molecular weight excluding hydrogens is 242 g/mol. The Labute approximate surface area is 119 Å². The third-order valence-electron chi connectivity index (χ3n) is 3.89. The minimum atomic E-state index is 0. The number of aromatic amines is 1. The number of nitrogens with one attached hydrogen (secondary N) is 1. The number of fused-ring (bicyclic) bond motifs is 3. The van der Waals surface area contributed by atoms with Crippen molar-refractivity contribution in [3.05, 3.63) is 72.3 Å². The second-order valence-corrected chi connectivity index (χ2v) is 5.30. The van der Waals surface area contributed by atoms with Gasteiger partial charge in [0.15, 0.2) is 0 Å². The first-order valence-electron chi connectivity index (χ1n) is 6.89. The molecule has 98 valence electrons. The Bertz CT molecular complexity index is 904. The summed E-state index contributed by atoms with van der Waals surface area (Å²) in [5.41, 5.74) is 6.20. The van der Waals surface area contributed by atoms with Gasteiger partial charge in [-0.25, -0.2) is 0 Å². The summed E-state index contributed by atoms with van der Waals surface area (Å²) in [6.45, 7) is 2.12. The molecule has 0 radical (unpaired) electrons. The minimum Gasteiger partial charge on any atom is -0.354 e. The van der Waals surface area contributed by atoms with Crippen LogP contribution < -0.4 is 0 Å². The van der Waals surface area contributed by atoms with E-state index in [9.17, 15) is 0 Å². The monoisotopic (exact) mass is 259 g/mol. The van der Waals surface area contributed by atoms with E-state index in [1.807, 2.05) is 0 Å². The number of benzene rings is 3. The van der Waals surface area contributed by atoms with Crippen LogP contribution in [0.5, 0.6) is 0 Å². The van der Waals surface area contributed by atoms with Crippen LogP contribution in [0.1, 0.15) is 6.99 Å². The van der Waals surface area contributed by atoms with Crippen LogP contribution in [0.25, 0.3) is 32.9 Å². The van der Waals surface area contributed by atoms with E-state index in [0.29, 0.717) is 0 Å². The fraction of sp³-hybridized carbons (Fsp3) is 0.0526. The minimum absolute atomic E-state index is 0. The highest BCUT2D eigenvalue weighted by Gasteiger charge is 2.05. The zero-order valence-corrected chi connectivity index (χ0v) is 11.4. The standard InChI is InChI=1S/C19H15N.H2/c1-13-6-8-14(9-7-13)15-10-11-17-16-4-2-3-5-18(16)20-19(17)12-15;/h2-12,20H,1H3;1H. The second-order valence-electron chi connectivity index (χ2n) is 5.30. The first-order valence-corrected chi connectivity index (χ1v) is 6.89. The molecule has 1 nitrogen and oxygen atoms in total. The van der Waals surface area contributed by atoms with Crippen LogP contribution in [0.4, 0.5) is 0 Å². The molecule has 0 saturated heterocycles. The van der Waals surface area contributed by atoms with E-state index in [-0.39, 0.29) is 1.43 Å². The van der Waals surface area contributed by atoms with Crippen molar-refractivity contribution < 1.29 is 1.43 Å². The summed E-state index contributed by atoms with van der Waals surface area (Å²) in [5, 5.41) is 2.58. The van der Waals surface area contributed by atoms with Crippen molar-refractivity contribution in [2.24, 2.45) is 0 Å². The molecule has 0 aliphatic heterocycles. The summed E-state index contributed by atoms with van der Waals surface area (Å²) in [5.74, 6) is 0. The van der Waals surface area contributed by atoms with Gasteiger partial charge in [0.05, 0.1) is 0 Å². The van der Waals surface area contributed by atoms with E-state index in [1.54, 1.807) is 0 Å². The van der Waals surface area contributed by atoms with Crippen LogP contribution in [0.15, 0.2) is 66.7 Å². The third kappa shape index (κ3) is 1.71. The molecule has 0 unspecified atom stereocenters. The maximum atomic E-state index is 3.50. The average molecular weight is 259 g/mol. The Morgan fingerprint density at radius 3 is 2.25 bits per heavy atom. The molecule has 1 heteroatoms. The molecule has 0 atom stereocenters. The van der Waals surface area contributed by atoms with E-state index < -0.39 is 0 Å². The molecule has 1 N–H and O–H groups in total. The summed E-state index contributed by atoms with van der Waals surface area (Å²) in [4.78, 5) is 3.50. The number of H-pyrrole nitrogens is 1. The molecular formula is C19H17N. The highest BCUT2D eigenvalue weighted by molar-refractivity contribution is 6.08. The summed E-state index contributed by atoms with van der Waals surface area (Å²) in [7, 11) is 0. The van der Waals surface area contributed by atoms with Crippen LogP contribution in [0.3, 0.4) is 0 Å². The predicted molar refractivity (Wildman–Crippen MR) is 88.1 cm³/mol. The SMILES string of the molecule is Cc1ccc(-c2ccc3c(c2)[nH]c2ccccc23)cc1.[HH]. The van der Waals surface area contributed by atoms with E-state index in [4.69, 9.17) is 0 Å². The Hall–Kier alpha value is -2.54. The lowest BCUT2D eigenvalue weighted by molar-refractivity contribution is 1.47. The number of hydrogen-bond acceptors (Lipinski definition) is 0. The van der Waals surface area contributed by atoms with Gasteiger partial charge in [-0.1, -0.05) is 60.2 Å². The van der Waals surface area contributed by atoms with E-state index in [2.05, 4.69) is 78.6 Å². The fourth-order valence-corrected chi connectivity index (χ4v) is 2.78. The van der Waals surface area contributed by atoms with Crippen LogP contribution in [0, 0.1) is 6.92 Å². The number of hydrogen-bond donors (Lipinski definition) is 1. The average Bonchev–Trinajstić information content (AvgIpc) is 2.85. The lowest BCUT2D eigenvalue weighted by atomic mass is 10.0. The van der Waals surface area contributed by atoms with Gasteiger partial charge in [-0.05, 0) is 30.2 Å². The third-order valence-corrected chi connectivity index (χ3v) is 3.89. The van der Waals surface area contributed by atoms with Crippen LogP contribution in [-0.4, -0.2) is 4.98 Å². The molecule has 0 aliphatic rings. The van der Waals surface area contributed by atoms with E-state index in [0.717, 1.165) is 0 Å². The van der Waals surface area contributed by atoms with Gasteiger partial charge < -0.3 is 4.98 Å². The molecule has 0 amide bonds. The lowest BCUT2D eigenvalue weighted by Gasteiger charge is -2.02. The second kappa shape index (κ2) is 4.24. The zero-order chi connectivity index (χ0) is 13.5. The van der Waals surface area contributed by atoms with Crippen LogP contribution >= 0.6 is 0 Å². The van der Waals surface area contributed by atoms with Crippen LogP contribution in [-0.2, 0) is 0 Å². The normalized spacial score (nSPS) is 11.2. The predicted octanol–water partition coefficient (Wildman–Crippen LogP) is 5.54. The summed E-state index contributed by atoms with van der Waals surface area (Å²) < 4.78 is 0. The molecule has 4 aromatic rings. The van der Waals surface area contributed by atoms with Crippen molar-refractivity contribution in [1.29, 1.82) is 0 Å². The van der Waals surface area contributed by atoms with Gasteiger partial charge in [0.2, 0.25) is 0 Å². The van der Waals surface area contributed by atoms with Gasteiger partial charge >= 0.3 is 0 Å². The lowest BCUT2D eigenvalue weighted by Crippen LogP contribution is -1.79. The van der Waals surface area contributed by atoms with Crippen molar-refractivity contribution in [3.8, 4) is 11.1 Å². The fourth-order valence-electron chi connectivity index (χ4n) is 2.78. The van der Waals surface area contributed by atoms with Crippen molar-refractivity contribution in [2.45, 2.75) is 6.92 Å². The van der Waals surface area contributed by atoms with E-state index >= 15 is 0 Å². The topological polar surface area (TPSA) is 15.8 Å². The van der Waals surface area contributed by atoms with Gasteiger partial charge in [-0.15, -0.1) is 0 Å². The van der Waals surface area contributed by atoms with Gasteiger partial charge in [0.1, 0.15) is 0 Å². The Kier molecular flexibility index (Phi) is 2.40. The Morgan fingerprint density at radius 1 is 0.700 bits per heavy atom. The molecule has 0 bridgehead atoms. The Balaban J connectivity index is 0.00000132. The number of para-hydroxylation sites is 1. The molecule has 0 fully saturated rings. The van der Waals surface area contributed by atoms with E-state index in [1.165, 1.54) is 38.5 Å². The molecule has 0 saturated carbocycles. The first kappa shape index (κ1) is 11.3. The zero-order valence-electron chi connectivity index (χ0n) is 11.4.